The highest BCUT2D eigenvalue weighted by atomic mass is 15.3. The lowest BCUT2D eigenvalue weighted by Gasteiger charge is -2.19. The second-order valence-electron chi connectivity index (χ2n) is 5.78. The predicted octanol–water partition coefficient (Wildman–Crippen LogP) is 1.84. The lowest BCUT2D eigenvalue weighted by Crippen LogP contribution is -2.35. The normalized spacial score (nSPS) is 28.7. The summed E-state index contributed by atoms with van der Waals surface area (Å²) in [6.07, 6.45) is 9.05. The molecule has 2 atom stereocenters. The lowest BCUT2D eigenvalue weighted by molar-refractivity contribution is 0.255. The number of hydrogen-bond acceptors (Lipinski definition) is 3. The van der Waals surface area contributed by atoms with E-state index in [0.717, 1.165) is 25.0 Å². The molecule has 0 bridgehead atoms. The van der Waals surface area contributed by atoms with Gasteiger partial charge in [-0.05, 0) is 50.8 Å². The van der Waals surface area contributed by atoms with Crippen LogP contribution in [0.3, 0.4) is 0 Å². The second-order valence-corrected chi connectivity index (χ2v) is 5.78. The van der Waals surface area contributed by atoms with E-state index in [2.05, 4.69) is 28.2 Å². The lowest BCUT2D eigenvalue weighted by atomic mass is 10.1. The molecule has 2 fully saturated rings. The van der Waals surface area contributed by atoms with Crippen LogP contribution in [0.5, 0.6) is 0 Å². The van der Waals surface area contributed by atoms with E-state index < -0.39 is 0 Å². The van der Waals surface area contributed by atoms with E-state index in [1.807, 2.05) is 18.5 Å². The maximum Gasteiger partial charge on any atom is 0.0300 e. The van der Waals surface area contributed by atoms with Crippen LogP contribution in [-0.2, 0) is 6.42 Å². The molecule has 1 N–H and O–H groups in total. The van der Waals surface area contributed by atoms with Gasteiger partial charge in [0.15, 0.2) is 0 Å². The summed E-state index contributed by atoms with van der Waals surface area (Å²) < 4.78 is 0. The molecule has 3 nitrogen and oxygen atoms in total. The van der Waals surface area contributed by atoms with Crippen LogP contribution in [0.4, 0.5) is 0 Å². The minimum Gasteiger partial charge on any atom is -0.312 e. The first-order chi connectivity index (χ1) is 8.83. The third kappa shape index (κ3) is 2.90. The third-order valence-corrected chi connectivity index (χ3v) is 4.21. The summed E-state index contributed by atoms with van der Waals surface area (Å²) in [6.45, 7) is 4.70. The van der Waals surface area contributed by atoms with Crippen molar-refractivity contribution in [3.63, 3.8) is 0 Å². The fraction of sp³-hybridized carbons (Fsp3) is 0.667. The quantitative estimate of drug-likeness (QED) is 0.858. The van der Waals surface area contributed by atoms with Gasteiger partial charge in [0.05, 0.1) is 0 Å². The molecule has 0 radical (unpaired) electrons. The van der Waals surface area contributed by atoms with Gasteiger partial charge in [0, 0.05) is 37.1 Å². The maximum atomic E-state index is 4.15. The number of nitrogens with one attached hydrogen (secondary N) is 1. The van der Waals surface area contributed by atoms with Gasteiger partial charge in [-0.2, -0.15) is 0 Å². The molecule has 0 amide bonds. The van der Waals surface area contributed by atoms with Crippen LogP contribution < -0.4 is 5.32 Å². The Labute approximate surface area is 110 Å². The topological polar surface area (TPSA) is 28.2 Å². The van der Waals surface area contributed by atoms with Gasteiger partial charge in [-0.25, -0.2) is 0 Å². The molecule has 1 saturated heterocycles. The molecule has 2 heterocycles. The SMILES string of the molecule is CC1CC(NCCc2cccnc2)CN1C1CC1. The average molecular weight is 245 g/mol. The van der Waals surface area contributed by atoms with Gasteiger partial charge in [0.1, 0.15) is 0 Å². The molecule has 18 heavy (non-hydrogen) atoms. The van der Waals surface area contributed by atoms with E-state index in [0.29, 0.717) is 6.04 Å². The molecule has 1 aromatic rings. The van der Waals surface area contributed by atoms with E-state index in [-0.39, 0.29) is 0 Å². The standard InChI is InChI=1S/C15H23N3/c1-12-9-14(11-18(12)15-4-5-15)17-8-6-13-3-2-7-16-10-13/h2-3,7,10,12,14-15,17H,4-6,8-9,11H2,1H3. The first kappa shape index (κ1) is 12.1. The van der Waals surface area contributed by atoms with Crippen molar-refractivity contribution in [2.24, 2.45) is 0 Å². The van der Waals surface area contributed by atoms with Crippen LogP contribution in [0.1, 0.15) is 31.7 Å². The molecule has 0 aromatic carbocycles. The monoisotopic (exact) mass is 245 g/mol. The van der Waals surface area contributed by atoms with E-state index in [1.165, 1.54) is 31.4 Å². The first-order valence-electron chi connectivity index (χ1n) is 7.21. The van der Waals surface area contributed by atoms with Crippen LogP contribution in [0.25, 0.3) is 0 Å². The van der Waals surface area contributed by atoms with Crippen molar-refractivity contribution in [1.29, 1.82) is 0 Å². The molecule has 1 aliphatic heterocycles. The van der Waals surface area contributed by atoms with Crippen LogP contribution >= 0.6 is 0 Å². The fourth-order valence-corrected chi connectivity index (χ4v) is 3.09. The Bertz CT molecular complexity index is 375. The zero-order chi connectivity index (χ0) is 12.4. The molecule has 0 spiro atoms. The Hall–Kier alpha value is -0.930. The molecule has 3 heteroatoms. The van der Waals surface area contributed by atoms with Gasteiger partial charge < -0.3 is 5.32 Å². The van der Waals surface area contributed by atoms with Gasteiger partial charge in [0.25, 0.3) is 0 Å². The highest BCUT2D eigenvalue weighted by Crippen LogP contribution is 2.33. The Morgan fingerprint density at radius 1 is 1.44 bits per heavy atom. The van der Waals surface area contributed by atoms with Crippen LogP contribution in [0, 0.1) is 0 Å². The van der Waals surface area contributed by atoms with Crippen LogP contribution in [0.15, 0.2) is 24.5 Å². The number of rotatable bonds is 5. The number of aromatic nitrogens is 1. The molecule has 1 aromatic heterocycles. The zero-order valence-corrected chi connectivity index (χ0v) is 11.2. The number of nitrogens with zero attached hydrogens (tertiary/aromatic N) is 2. The summed E-state index contributed by atoms with van der Waals surface area (Å²) in [7, 11) is 0. The minimum atomic E-state index is 0.692. The van der Waals surface area contributed by atoms with Crippen molar-refractivity contribution in [2.45, 2.75) is 50.7 Å². The highest BCUT2D eigenvalue weighted by molar-refractivity contribution is 5.08. The first-order valence-corrected chi connectivity index (χ1v) is 7.21. The van der Waals surface area contributed by atoms with Crippen molar-refractivity contribution in [1.82, 2.24) is 15.2 Å². The maximum absolute atomic E-state index is 4.15. The van der Waals surface area contributed by atoms with E-state index in [9.17, 15) is 0 Å². The van der Waals surface area contributed by atoms with Crippen molar-refractivity contribution in [3.8, 4) is 0 Å². The number of pyridine rings is 1. The Kier molecular flexibility index (Phi) is 3.62. The van der Waals surface area contributed by atoms with E-state index in [4.69, 9.17) is 0 Å². The van der Waals surface area contributed by atoms with Gasteiger partial charge in [-0.1, -0.05) is 6.07 Å². The van der Waals surface area contributed by atoms with Crippen molar-refractivity contribution in [2.75, 3.05) is 13.1 Å². The molecule has 1 saturated carbocycles. The molecular weight excluding hydrogens is 222 g/mol. The molecule has 1 aliphatic carbocycles. The third-order valence-electron chi connectivity index (χ3n) is 4.21. The molecule has 2 unspecified atom stereocenters. The van der Waals surface area contributed by atoms with Crippen molar-refractivity contribution >= 4 is 0 Å². The molecule has 3 rings (SSSR count). The summed E-state index contributed by atoms with van der Waals surface area (Å²) in [5, 5.41) is 3.70. The van der Waals surface area contributed by atoms with Gasteiger partial charge in [0.2, 0.25) is 0 Å². The zero-order valence-electron chi connectivity index (χ0n) is 11.2. The van der Waals surface area contributed by atoms with Crippen molar-refractivity contribution in [3.05, 3.63) is 30.1 Å². The Balaban J connectivity index is 1.41. The summed E-state index contributed by atoms with van der Waals surface area (Å²) in [5.74, 6) is 0. The summed E-state index contributed by atoms with van der Waals surface area (Å²) in [5.41, 5.74) is 1.33. The van der Waals surface area contributed by atoms with Gasteiger partial charge in [-0.3, -0.25) is 9.88 Å². The summed E-state index contributed by atoms with van der Waals surface area (Å²) in [6, 6.07) is 6.54. The Morgan fingerprint density at radius 3 is 3.06 bits per heavy atom. The molecule has 2 aliphatic rings. The van der Waals surface area contributed by atoms with Gasteiger partial charge >= 0.3 is 0 Å². The average Bonchev–Trinajstić information content (AvgIpc) is 3.15. The molecular formula is C15H23N3. The fourth-order valence-electron chi connectivity index (χ4n) is 3.09. The Morgan fingerprint density at radius 2 is 2.33 bits per heavy atom. The van der Waals surface area contributed by atoms with Crippen molar-refractivity contribution < 1.29 is 0 Å². The van der Waals surface area contributed by atoms with Gasteiger partial charge in [-0.15, -0.1) is 0 Å². The highest BCUT2D eigenvalue weighted by Gasteiger charge is 2.38. The number of hydrogen-bond donors (Lipinski definition) is 1. The largest absolute Gasteiger partial charge is 0.312 e. The second kappa shape index (κ2) is 5.37. The minimum absolute atomic E-state index is 0.692. The van der Waals surface area contributed by atoms with E-state index in [1.54, 1.807) is 0 Å². The van der Waals surface area contributed by atoms with Crippen LogP contribution in [0.2, 0.25) is 0 Å². The van der Waals surface area contributed by atoms with E-state index >= 15 is 0 Å². The predicted molar refractivity (Wildman–Crippen MR) is 73.5 cm³/mol. The van der Waals surface area contributed by atoms with Crippen LogP contribution in [-0.4, -0.2) is 41.1 Å². The smallest absolute Gasteiger partial charge is 0.0300 e. The summed E-state index contributed by atoms with van der Waals surface area (Å²) >= 11 is 0. The molecule has 98 valence electrons. The number of likely N-dealkylation sites (tertiary alicyclic amines) is 1. The summed E-state index contributed by atoms with van der Waals surface area (Å²) in [4.78, 5) is 6.85.